The second-order valence-electron chi connectivity index (χ2n) is 4.55. The number of hydrogen-bond acceptors (Lipinski definition) is 3. The Morgan fingerprint density at radius 3 is 2.59 bits per heavy atom. The molecule has 114 valence electrons. The molecule has 1 heterocycles. The van der Waals surface area contributed by atoms with E-state index in [0.717, 1.165) is 6.07 Å². The molecule has 1 amide bonds. The second-order valence-corrected chi connectivity index (χ2v) is 5.89. The minimum Gasteiger partial charge on any atom is -0.323 e. The topological polar surface area (TPSA) is 32.3 Å². The Morgan fingerprint density at radius 1 is 1.18 bits per heavy atom. The van der Waals surface area contributed by atoms with Crippen LogP contribution < -0.4 is 10.2 Å². The van der Waals surface area contributed by atoms with Crippen molar-refractivity contribution in [2.75, 3.05) is 4.90 Å². The van der Waals surface area contributed by atoms with Crippen LogP contribution >= 0.6 is 28.6 Å². The molecule has 0 bridgehead atoms. The summed E-state index contributed by atoms with van der Waals surface area (Å²) in [6, 6.07) is 7.24. The van der Waals surface area contributed by atoms with Gasteiger partial charge in [-0.05, 0) is 34.1 Å². The number of carbonyl (C=O) groups excluding carboxylic acids is 1. The Balaban J connectivity index is 2.27. The van der Waals surface area contributed by atoms with Crippen LogP contribution in [-0.4, -0.2) is 11.4 Å². The zero-order valence-electron chi connectivity index (χ0n) is 10.8. The summed E-state index contributed by atoms with van der Waals surface area (Å²) in [5, 5.41) is 2.52. The van der Waals surface area contributed by atoms with Crippen LogP contribution in [0, 0.1) is 17.5 Å². The van der Waals surface area contributed by atoms with Crippen LogP contribution in [0.3, 0.4) is 0 Å². The van der Waals surface area contributed by atoms with E-state index in [0.29, 0.717) is 5.69 Å². The van der Waals surface area contributed by atoms with Crippen molar-refractivity contribution in [1.82, 2.24) is 5.32 Å². The summed E-state index contributed by atoms with van der Waals surface area (Å²) in [6.07, 6.45) is 0. The van der Waals surface area contributed by atoms with Crippen LogP contribution in [0.15, 0.2) is 34.8 Å². The van der Waals surface area contributed by atoms with Gasteiger partial charge in [0.15, 0.2) is 22.9 Å². The number of anilines is 2. The summed E-state index contributed by atoms with van der Waals surface area (Å²) < 4.78 is 41.1. The SMILES string of the molecule is O=C1NC(S)N(c2c(Br)cc(F)c(F)c2F)c2ccccc21. The van der Waals surface area contributed by atoms with Gasteiger partial charge in [-0.2, -0.15) is 0 Å². The average Bonchev–Trinajstić information content (AvgIpc) is 2.48. The second kappa shape index (κ2) is 5.51. The highest BCUT2D eigenvalue weighted by atomic mass is 79.9. The van der Waals surface area contributed by atoms with Crippen LogP contribution in [0.25, 0.3) is 0 Å². The lowest BCUT2D eigenvalue weighted by atomic mass is 10.1. The third-order valence-electron chi connectivity index (χ3n) is 3.24. The van der Waals surface area contributed by atoms with Gasteiger partial charge in [-0.25, -0.2) is 13.2 Å². The molecule has 2 aromatic rings. The molecule has 0 saturated carbocycles. The molecule has 22 heavy (non-hydrogen) atoms. The lowest BCUT2D eigenvalue weighted by molar-refractivity contribution is 0.0944. The van der Waals surface area contributed by atoms with Crippen molar-refractivity contribution in [3.05, 3.63) is 57.8 Å². The molecule has 0 saturated heterocycles. The van der Waals surface area contributed by atoms with Crippen molar-refractivity contribution in [2.45, 2.75) is 5.50 Å². The highest BCUT2D eigenvalue weighted by Crippen LogP contribution is 2.41. The summed E-state index contributed by atoms with van der Waals surface area (Å²) in [7, 11) is 0. The fourth-order valence-corrected chi connectivity index (χ4v) is 3.21. The van der Waals surface area contributed by atoms with Gasteiger partial charge >= 0.3 is 0 Å². The predicted octanol–water partition coefficient (Wildman–Crippen LogP) is 3.96. The van der Waals surface area contributed by atoms with Gasteiger partial charge in [0.2, 0.25) is 0 Å². The number of nitrogens with one attached hydrogen (secondary N) is 1. The Hall–Kier alpha value is -1.67. The summed E-state index contributed by atoms with van der Waals surface area (Å²) in [6.45, 7) is 0. The number of rotatable bonds is 1. The van der Waals surface area contributed by atoms with Crippen molar-refractivity contribution in [3.63, 3.8) is 0 Å². The first-order valence-electron chi connectivity index (χ1n) is 6.12. The lowest BCUT2D eigenvalue weighted by Gasteiger charge is -2.36. The molecule has 0 aliphatic carbocycles. The minimum atomic E-state index is -1.59. The monoisotopic (exact) mass is 388 g/mol. The zero-order valence-corrected chi connectivity index (χ0v) is 13.3. The van der Waals surface area contributed by atoms with Crippen molar-refractivity contribution in [1.29, 1.82) is 0 Å². The van der Waals surface area contributed by atoms with Gasteiger partial charge in [0.05, 0.1) is 16.9 Å². The molecule has 1 aliphatic rings. The first kappa shape index (κ1) is 15.2. The maximum Gasteiger partial charge on any atom is 0.255 e. The summed E-state index contributed by atoms with van der Waals surface area (Å²) in [5.41, 5.74) is -0.551. The number of thiol groups is 1. The molecule has 1 aliphatic heterocycles. The summed E-state index contributed by atoms with van der Waals surface area (Å²) in [5.74, 6) is -4.64. The van der Waals surface area contributed by atoms with Gasteiger partial charge in [-0.15, -0.1) is 12.6 Å². The molecule has 1 N–H and O–H groups in total. The first-order chi connectivity index (χ1) is 10.4. The fourth-order valence-electron chi connectivity index (χ4n) is 2.29. The number of carbonyl (C=O) groups is 1. The van der Waals surface area contributed by atoms with Crippen LogP contribution in [0.5, 0.6) is 0 Å². The van der Waals surface area contributed by atoms with Crippen LogP contribution in [-0.2, 0) is 0 Å². The third kappa shape index (κ3) is 2.26. The van der Waals surface area contributed by atoms with Gasteiger partial charge in [0, 0.05) is 4.47 Å². The van der Waals surface area contributed by atoms with E-state index in [1.54, 1.807) is 24.3 Å². The summed E-state index contributed by atoms with van der Waals surface area (Å²) in [4.78, 5) is 13.2. The smallest absolute Gasteiger partial charge is 0.255 e. The van der Waals surface area contributed by atoms with Crippen molar-refractivity contribution < 1.29 is 18.0 Å². The number of hydrogen-bond donors (Lipinski definition) is 2. The Kier molecular flexibility index (Phi) is 3.82. The number of benzene rings is 2. The number of fused-ring (bicyclic) bond motifs is 1. The Bertz CT molecular complexity index is 787. The molecule has 0 radical (unpaired) electrons. The maximum atomic E-state index is 14.2. The van der Waals surface area contributed by atoms with Crippen LogP contribution in [0.4, 0.5) is 24.5 Å². The molecule has 3 nitrogen and oxygen atoms in total. The Labute approximate surface area is 137 Å². The van der Waals surface area contributed by atoms with Gasteiger partial charge in [0.25, 0.3) is 5.91 Å². The van der Waals surface area contributed by atoms with Gasteiger partial charge in [-0.1, -0.05) is 12.1 Å². The van der Waals surface area contributed by atoms with Gasteiger partial charge in [-0.3, -0.25) is 4.79 Å². The van der Waals surface area contributed by atoms with E-state index < -0.39 is 22.9 Å². The first-order valence-corrected chi connectivity index (χ1v) is 7.43. The number of para-hydroxylation sites is 1. The average molecular weight is 389 g/mol. The summed E-state index contributed by atoms with van der Waals surface area (Å²) >= 11 is 7.22. The van der Waals surface area contributed by atoms with Crippen LogP contribution in [0.1, 0.15) is 10.4 Å². The zero-order chi connectivity index (χ0) is 16.0. The van der Waals surface area contributed by atoms with E-state index in [1.165, 1.54) is 4.90 Å². The molecule has 0 aromatic heterocycles. The minimum absolute atomic E-state index is 0.00824. The maximum absolute atomic E-state index is 14.2. The number of nitrogens with zero attached hydrogens (tertiary/aromatic N) is 1. The third-order valence-corrected chi connectivity index (χ3v) is 4.21. The quantitative estimate of drug-likeness (QED) is 0.440. The Morgan fingerprint density at radius 2 is 1.86 bits per heavy atom. The standard InChI is InChI=1S/C14H8BrF3N2OS/c15-7-5-8(16)10(17)11(18)12(7)20-9-4-2-1-3-6(9)13(21)19-14(20)22/h1-5,14,22H,(H,19,21). The van der Waals surface area contributed by atoms with Crippen molar-refractivity contribution in [3.8, 4) is 0 Å². The largest absolute Gasteiger partial charge is 0.323 e. The molecule has 1 atom stereocenters. The highest BCUT2D eigenvalue weighted by molar-refractivity contribution is 9.10. The van der Waals surface area contributed by atoms with E-state index in [4.69, 9.17) is 0 Å². The number of halogens is 4. The molecule has 2 aromatic carbocycles. The molecule has 3 rings (SSSR count). The van der Waals surface area contributed by atoms with E-state index >= 15 is 0 Å². The molecule has 8 heteroatoms. The van der Waals surface area contributed by atoms with E-state index in [-0.39, 0.29) is 21.6 Å². The van der Waals surface area contributed by atoms with E-state index in [9.17, 15) is 18.0 Å². The molecule has 1 unspecified atom stereocenters. The predicted molar refractivity (Wildman–Crippen MR) is 82.8 cm³/mol. The number of amides is 1. The van der Waals surface area contributed by atoms with Gasteiger partial charge < -0.3 is 10.2 Å². The van der Waals surface area contributed by atoms with Crippen molar-refractivity contribution in [2.24, 2.45) is 0 Å². The lowest BCUT2D eigenvalue weighted by Crippen LogP contribution is -2.47. The molecular formula is C14H8BrF3N2OS. The fraction of sp³-hybridized carbons (Fsp3) is 0.0714. The molecule has 0 spiro atoms. The van der Waals surface area contributed by atoms with E-state index in [1.807, 2.05) is 0 Å². The van der Waals surface area contributed by atoms with Crippen LogP contribution in [0.2, 0.25) is 0 Å². The normalized spacial score (nSPS) is 17.2. The van der Waals surface area contributed by atoms with Crippen molar-refractivity contribution >= 4 is 45.8 Å². The highest BCUT2D eigenvalue weighted by Gasteiger charge is 2.33. The van der Waals surface area contributed by atoms with E-state index in [2.05, 4.69) is 33.9 Å². The molecular weight excluding hydrogens is 381 g/mol. The van der Waals surface area contributed by atoms with Gasteiger partial charge in [0.1, 0.15) is 0 Å². The molecule has 0 fully saturated rings.